The van der Waals surface area contributed by atoms with Crippen molar-refractivity contribution in [3.63, 3.8) is 0 Å². The van der Waals surface area contributed by atoms with Gasteiger partial charge in [-0.05, 0) is 20.8 Å². The first-order valence-electron chi connectivity index (χ1n) is 3.11. The maximum absolute atomic E-state index is 3.64. The molecule has 0 aromatic heterocycles. The van der Waals surface area contributed by atoms with Crippen LogP contribution in [0, 0.1) is 0 Å². The van der Waals surface area contributed by atoms with Crippen LogP contribution in [0.1, 0.15) is 20.8 Å². The molecular weight excluding hydrogens is 108 g/mol. The smallest absolute Gasteiger partial charge is 0.0398 e. The average molecular weight is 122 g/mol. The zero-order valence-corrected chi connectivity index (χ0v) is 6.44. The van der Waals surface area contributed by atoms with E-state index in [0.29, 0.717) is 0 Å². The highest BCUT2D eigenvalue weighted by atomic mass is 13.8. The summed E-state index contributed by atoms with van der Waals surface area (Å²) in [5.74, 6) is 0. The first-order chi connectivity index (χ1) is 4.16. The number of hydrogen-bond donors (Lipinski definition) is 0. The van der Waals surface area contributed by atoms with Gasteiger partial charge in [0.15, 0.2) is 0 Å². The predicted molar refractivity (Wildman–Crippen MR) is 43.4 cm³/mol. The van der Waals surface area contributed by atoms with Crippen LogP contribution in [-0.2, 0) is 0 Å². The van der Waals surface area contributed by atoms with Crippen LogP contribution in [0.25, 0.3) is 0 Å². The predicted octanol–water partition coefficient (Wildman–Crippen LogP) is 3.08. The summed E-state index contributed by atoms with van der Waals surface area (Å²) in [6.45, 7) is 9.83. The molecule has 0 spiro atoms. The lowest BCUT2D eigenvalue weighted by molar-refractivity contribution is 1.38. The zero-order chi connectivity index (χ0) is 7.28. The average Bonchev–Trinajstić information content (AvgIpc) is 1.83. The highest BCUT2D eigenvalue weighted by Gasteiger charge is 1.74. The van der Waals surface area contributed by atoms with E-state index in [1.54, 1.807) is 0 Å². The molecule has 0 heteroatoms. The lowest BCUT2D eigenvalue weighted by atomic mass is 10.2. The van der Waals surface area contributed by atoms with E-state index in [1.165, 1.54) is 11.1 Å². The summed E-state index contributed by atoms with van der Waals surface area (Å²) >= 11 is 0. The molecule has 0 aromatic carbocycles. The third-order valence-corrected chi connectivity index (χ3v) is 1.00. The molecule has 0 saturated heterocycles. The van der Waals surface area contributed by atoms with Gasteiger partial charge in [-0.1, -0.05) is 36.0 Å². The van der Waals surface area contributed by atoms with E-state index in [-0.39, 0.29) is 0 Å². The van der Waals surface area contributed by atoms with Gasteiger partial charge in [-0.3, -0.25) is 0 Å². The Morgan fingerprint density at radius 3 is 2.00 bits per heavy atom. The second-order valence-electron chi connectivity index (χ2n) is 2.36. The standard InChI is InChI=1S/C9H14/c1-5-9(4)7-6-8(2)3/h5-7H,1H2,2-4H3/b9-7+. The molecule has 0 unspecified atom stereocenters. The van der Waals surface area contributed by atoms with Gasteiger partial charge < -0.3 is 0 Å². The fourth-order valence-corrected chi connectivity index (χ4v) is 0.366. The van der Waals surface area contributed by atoms with Gasteiger partial charge >= 0.3 is 0 Å². The van der Waals surface area contributed by atoms with Crippen molar-refractivity contribution < 1.29 is 0 Å². The molecule has 0 aromatic rings. The molecule has 0 fully saturated rings. The highest BCUT2D eigenvalue weighted by Crippen LogP contribution is 1.96. The molecule has 9 heavy (non-hydrogen) atoms. The van der Waals surface area contributed by atoms with Crippen molar-refractivity contribution in [1.29, 1.82) is 0 Å². The van der Waals surface area contributed by atoms with Crippen molar-refractivity contribution in [1.82, 2.24) is 0 Å². The maximum atomic E-state index is 3.64. The summed E-state index contributed by atoms with van der Waals surface area (Å²) in [5.41, 5.74) is 2.52. The Morgan fingerprint density at radius 2 is 1.67 bits per heavy atom. The van der Waals surface area contributed by atoms with Crippen LogP contribution in [0.4, 0.5) is 0 Å². The molecule has 0 amide bonds. The second kappa shape index (κ2) is 4.13. The number of allylic oxidation sites excluding steroid dienone is 5. The minimum Gasteiger partial charge on any atom is -0.0988 e. The van der Waals surface area contributed by atoms with E-state index in [2.05, 4.69) is 32.6 Å². The molecule has 50 valence electrons. The van der Waals surface area contributed by atoms with Crippen LogP contribution < -0.4 is 0 Å². The van der Waals surface area contributed by atoms with E-state index >= 15 is 0 Å². The van der Waals surface area contributed by atoms with Crippen LogP contribution in [0.15, 0.2) is 36.0 Å². The van der Waals surface area contributed by atoms with Crippen LogP contribution in [0.3, 0.4) is 0 Å². The summed E-state index contributed by atoms with van der Waals surface area (Å²) in [4.78, 5) is 0. The van der Waals surface area contributed by atoms with E-state index < -0.39 is 0 Å². The van der Waals surface area contributed by atoms with Crippen LogP contribution in [-0.4, -0.2) is 0 Å². The highest BCUT2D eigenvalue weighted by molar-refractivity contribution is 5.21. The molecule has 0 atom stereocenters. The molecule has 0 rings (SSSR count). The number of rotatable bonds is 2. The van der Waals surface area contributed by atoms with Crippen molar-refractivity contribution in [2.75, 3.05) is 0 Å². The van der Waals surface area contributed by atoms with E-state index in [1.807, 2.05) is 13.0 Å². The first kappa shape index (κ1) is 8.22. The molecule has 0 bridgehead atoms. The fourth-order valence-electron chi connectivity index (χ4n) is 0.366. The monoisotopic (exact) mass is 122 g/mol. The minimum atomic E-state index is 1.20. The second-order valence-corrected chi connectivity index (χ2v) is 2.36. The summed E-state index contributed by atoms with van der Waals surface area (Å²) in [6.07, 6.45) is 5.98. The van der Waals surface area contributed by atoms with E-state index in [9.17, 15) is 0 Å². The van der Waals surface area contributed by atoms with Crippen LogP contribution in [0.2, 0.25) is 0 Å². The Hall–Kier alpha value is -0.780. The topological polar surface area (TPSA) is 0 Å². The third-order valence-electron chi connectivity index (χ3n) is 1.00. The lowest BCUT2D eigenvalue weighted by Crippen LogP contribution is -1.64. The quantitative estimate of drug-likeness (QED) is 0.494. The van der Waals surface area contributed by atoms with Gasteiger partial charge in [0.25, 0.3) is 0 Å². The van der Waals surface area contributed by atoms with Gasteiger partial charge in [-0.25, -0.2) is 0 Å². The molecule has 0 nitrogen and oxygen atoms in total. The lowest BCUT2D eigenvalue weighted by Gasteiger charge is -1.86. The Labute approximate surface area is 57.6 Å². The maximum Gasteiger partial charge on any atom is -0.0398 e. The fraction of sp³-hybridized carbons (Fsp3) is 0.333. The Kier molecular flexibility index (Phi) is 3.78. The molecule has 0 aliphatic heterocycles. The van der Waals surface area contributed by atoms with Gasteiger partial charge in [0, 0.05) is 0 Å². The molecule has 0 aliphatic rings. The van der Waals surface area contributed by atoms with Gasteiger partial charge in [0.2, 0.25) is 0 Å². The largest absolute Gasteiger partial charge is 0.0988 e. The van der Waals surface area contributed by atoms with Crippen LogP contribution in [0.5, 0.6) is 0 Å². The van der Waals surface area contributed by atoms with Crippen molar-refractivity contribution in [3.05, 3.63) is 36.0 Å². The molecule has 0 saturated carbocycles. The Bertz CT molecular complexity index is 143. The first-order valence-corrected chi connectivity index (χ1v) is 3.11. The Balaban J connectivity index is 3.98. The minimum absolute atomic E-state index is 1.20. The van der Waals surface area contributed by atoms with Gasteiger partial charge in [0.1, 0.15) is 0 Å². The van der Waals surface area contributed by atoms with E-state index in [4.69, 9.17) is 0 Å². The molecule has 0 aliphatic carbocycles. The third kappa shape index (κ3) is 5.09. The number of hydrogen-bond acceptors (Lipinski definition) is 0. The van der Waals surface area contributed by atoms with Crippen molar-refractivity contribution in [3.8, 4) is 0 Å². The zero-order valence-electron chi connectivity index (χ0n) is 6.44. The van der Waals surface area contributed by atoms with Gasteiger partial charge in [-0.15, -0.1) is 0 Å². The SMILES string of the molecule is C=C/C(C)=C/C=C(C)C. The van der Waals surface area contributed by atoms with Gasteiger partial charge in [-0.2, -0.15) is 0 Å². The van der Waals surface area contributed by atoms with Crippen LogP contribution >= 0.6 is 0 Å². The Morgan fingerprint density at radius 1 is 1.11 bits per heavy atom. The molecular formula is C9H14. The summed E-state index contributed by atoms with van der Waals surface area (Å²) < 4.78 is 0. The van der Waals surface area contributed by atoms with Crippen molar-refractivity contribution in [2.45, 2.75) is 20.8 Å². The van der Waals surface area contributed by atoms with Gasteiger partial charge in [0.05, 0.1) is 0 Å². The molecule has 0 radical (unpaired) electrons. The normalized spacial score (nSPS) is 10.8. The summed E-state index contributed by atoms with van der Waals surface area (Å²) in [6, 6.07) is 0. The summed E-state index contributed by atoms with van der Waals surface area (Å²) in [7, 11) is 0. The molecule has 0 heterocycles. The summed E-state index contributed by atoms with van der Waals surface area (Å²) in [5, 5.41) is 0. The van der Waals surface area contributed by atoms with Crippen molar-refractivity contribution >= 4 is 0 Å². The van der Waals surface area contributed by atoms with E-state index in [0.717, 1.165) is 0 Å². The van der Waals surface area contributed by atoms with Crippen molar-refractivity contribution in [2.24, 2.45) is 0 Å². The molecule has 0 N–H and O–H groups in total.